The summed E-state index contributed by atoms with van der Waals surface area (Å²) in [6.07, 6.45) is 1.80. The first kappa shape index (κ1) is 13.7. The van der Waals surface area contributed by atoms with E-state index in [0.29, 0.717) is 17.8 Å². The number of anilines is 1. The number of carbonyl (C=O) groups is 2. The first-order valence-electron chi connectivity index (χ1n) is 5.76. The van der Waals surface area contributed by atoms with Gasteiger partial charge in [0.15, 0.2) is 0 Å². The van der Waals surface area contributed by atoms with Gasteiger partial charge in [-0.3, -0.25) is 9.59 Å². The SMILES string of the molecule is CCCCNC(=O)C(=O)Nc1ccc(C#N)cc1. The van der Waals surface area contributed by atoms with Gasteiger partial charge < -0.3 is 10.6 Å². The van der Waals surface area contributed by atoms with Crippen LogP contribution in [0.1, 0.15) is 25.3 Å². The van der Waals surface area contributed by atoms with Gasteiger partial charge in [0.05, 0.1) is 11.6 Å². The quantitative estimate of drug-likeness (QED) is 0.621. The normalized spacial score (nSPS) is 9.33. The molecule has 5 heteroatoms. The van der Waals surface area contributed by atoms with E-state index in [1.807, 2.05) is 13.0 Å². The summed E-state index contributed by atoms with van der Waals surface area (Å²) in [6, 6.07) is 8.28. The highest BCUT2D eigenvalue weighted by Gasteiger charge is 2.12. The predicted molar refractivity (Wildman–Crippen MR) is 67.7 cm³/mol. The molecule has 5 nitrogen and oxygen atoms in total. The van der Waals surface area contributed by atoms with E-state index in [2.05, 4.69) is 10.6 Å². The Kier molecular flexibility index (Phi) is 5.39. The van der Waals surface area contributed by atoms with Crippen LogP contribution in [0.15, 0.2) is 24.3 Å². The second-order valence-corrected chi connectivity index (χ2v) is 3.75. The summed E-state index contributed by atoms with van der Waals surface area (Å²) in [7, 11) is 0. The van der Waals surface area contributed by atoms with Gasteiger partial charge >= 0.3 is 11.8 Å². The first-order valence-corrected chi connectivity index (χ1v) is 5.76. The summed E-state index contributed by atoms with van der Waals surface area (Å²) in [4.78, 5) is 22.8. The zero-order valence-electron chi connectivity index (χ0n) is 10.2. The van der Waals surface area contributed by atoms with Crippen molar-refractivity contribution in [1.82, 2.24) is 5.32 Å². The molecular weight excluding hydrogens is 230 g/mol. The number of nitrogens with one attached hydrogen (secondary N) is 2. The third-order valence-electron chi connectivity index (χ3n) is 2.29. The Labute approximate surface area is 106 Å². The van der Waals surface area contributed by atoms with Gasteiger partial charge in [0.1, 0.15) is 0 Å². The molecule has 0 spiro atoms. The maximum absolute atomic E-state index is 11.5. The topological polar surface area (TPSA) is 82.0 Å². The van der Waals surface area contributed by atoms with Crippen LogP contribution in [0.5, 0.6) is 0 Å². The molecule has 94 valence electrons. The molecule has 1 aromatic carbocycles. The minimum Gasteiger partial charge on any atom is -0.348 e. The summed E-state index contributed by atoms with van der Waals surface area (Å²) >= 11 is 0. The lowest BCUT2D eigenvalue weighted by Crippen LogP contribution is -2.35. The molecule has 0 aromatic heterocycles. The summed E-state index contributed by atoms with van der Waals surface area (Å²) < 4.78 is 0. The lowest BCUT2D eigenvalue weighted by molar-refractivity contribution is -0.136. The van der Waals surface area contributed by atoms with Gasteiger partial charge in [-0.15, -0.1) is 0 Å². The van der Waals surface area contributed by atoms with Crippen LogP contribution in [0.2, 0.25) is 0 Å². The number of hydrogen-bond donors (Lipinski definition) is 2. The predicted octanol–water partition coefficient (Wildman–Crippen LogP) is 1.41. The molecule has 1 rings (SSSR count). The fourth-order valence-electron chi connectivity index (χ4n) is 1.27. The zero-order valence-corrected chi connectivity index (χ0v) is 10.2. The van der Waals surface area contributed by atoms with E-state index < -0.39 is 11.8 Å². The number of benzene rings is 1. The van der Waals surface area contributed by atoms with E-state index in [1.165, 1.54) is 0 Å². The molecular formula is C13H15N3O2. The van der Waals surface area contributed by atoms with Crippen LogP contribution in [-0.2, 0) is 9.59 Å². The molecule has 0 fully saturated rings. The van der Waals surface area contributed by atoms with Crippen LogP contribution in [0, 0.1) is 11.3 Å². The van der Waals surface area contributed by atoms with Crippen molar-refractivity contribution < 1.29 is 9.59 Å². The molecule has 18 heavy (non-hydrogen) atoms. The van der Waals surface area contributed by atoms with E-state index >= 15 is 0 Å². The lowest BCUT2D eigenvalue weighted by Gasteiger charge is -2.05. The van der Waals surface area contributed by atoms with Crippen molar-refractivity contribution in [3.63, 3.8) is 0 Å². The summed E-state index contributed by atoms with van der Waals surface area (Å²) in [5, 5.41) is 13.6. The second kappa shape index (κ2) is 7.07. The Balaban J connectivity index is 2.48. The lowest BCUT2D eigenvalue weighted by atomic mass is 10.2. The molecule has 0 aliphatic heterocycles. The standard InChI is InChI=1S/C13H15N3O2/c1-2-3-8-15-12(17)13(18)16-11-6-4-10(9-14)5-7-11/h4-7H,2-3,8H2,1H3,(H,15,17)(H,16,18). The minimum absolute atomic E-state index is 0.490. The molecule has 2 N–H and O–H groups in total. The van der Waals surface area contributed by atoms with Crippen molar-refractivity contribution in [3.8, 4) is 6.07 Å². The average molecular weight is 245 g/mol. The number of nitrogens with zero attached hydrogens (tertiary/aromatic N) is 1. The van der Waals surface area contributed by atoms with Crippen molar-refractivity contribution in [2.24, 2.45) is 0 Å². The fraction of sp³-hybridized carbons (Fsp3) is 0.308. The highest BCUT2D eigenvalue weighted by atomic mass is 16.2. The van der Waals surface area contributed by atoms with Gasteiger partial charge in [0.25, 0.3) is 0 Å². The van der Waals surface area contributed by atoms with E-state index in [-0.39, 0.29) is 0 Å². The van der Waals surface area contributed by atoms with Crippen LogP contribution in [-0.4, -0.2) is 18.4 Å². The van der Waals surface area contributed by atoms with Crippen molar-refractivity contribution in [1.29, 1.82) is 5.26 Å². The monoisotopic (exact) mass is 245 g/mol. The smallest absolute Gasteiger partial charge is 0.313 e. The van der Waals surface area contributed by atoms with Crippen LogP contribution in [0.25, 0.3) is 0 Å². The van der Waals surface area contributed by atoms with E-state index in [1.54, 1.807) is 24.3 Å². The maximum atomic E-state index is 11.5. The summed E-state index contributed by atoms with van der Waals surface area (Å²) in [6.45, 7) is 2.50. The molecule has 0 radical (unpaired) electrons. The molecule has 0 saturated carbocycles. The van der Waals surface area contributed by atoms with Gasteiger partial charge in [-0.05, 0) is 30.7 Å². The van der Waals surface area contributed by atoms with Gasteiger partial charge in [0.2, 0.25) is 0 Å². The molecule has 0 unspecified atom stereocenters. The van der Waals surface area contributed by atoms with Gasteiger partial charge in [-0.2, -0.15) is 5.26 Å². The Morgan fingerprint density at radius 1 is 1.22 bits per heavy atom. The molecule has 0 heterocycles. The molecule has 0 aliphatic carbocycles. The van der Waals surface area contributed by atoms with Crippen molar-refractivity contribution in [2.45, 2.75) is 19.8 Å². The first-order chi connectivity index (χ1) is 8.67. The van der Waals surface area contributed by atoms with Crippen LogP contribution < -0.4 is 10.6 Å². The molecule has 0 atom stereocenters. The third-order valence-corrected chi connectivity index (χ3v) is 2.29. The van der Waals surface area contributed by atoms with Gasteiger partial charge in [-0.25, -0.2) is 0 Å². The highest BCUT2D eigenvalue weighted by Crippen LogP contribution is 2.08. The minimum atomic E-state index is -0.698. The van der Waals surface area contributed by atoms with Crippen molar-refractivity contribution in [3.05, 3.63) is 29.8 Å². The van der Waals surface area contributed by atoms with E-state index in [9.17, 15) is 9.59 Å². The molecule has 0 bridgehead atoms. The zero-order chi connectivity index (χ0) is 13.4. The Hall–Kier alpha value is -2.35. The fourth-order valence-corrected chi connectivity index (χ4v) is 1.27. The summed E-state index contributed by atoms with van der Waals surface area (Å²) in [5.74, 6) is -1.34. The van der Waals surface area contributed by atoms with Gasteiger partial charge in [0, 0.05) is 12.2 Å². The Bertz CT molecular complexity index is 460. The summed E-state index contributed by atoms with van der Waals surface area (Å²) in [5.41, 5.74) is 0.991. The molecule has 2 amide bonds. The number of rotatable bonds is 4. The average Bonchev–Trinajstić information content (AvgIpc) is 2.39. The largest absolute Gasteiger partial charge is 0.348 e. The van der Waals surface area contributed by atoms with E-state index in [0.717, 1.165) is 12.8 Å². The highest BCUT2D eigenvalue weighted by molar-refractivity contribution is 6.39. The van der Waals surface area contributed by atoms with Crippen LogP contribution in [0.4, 0.5) is 5.69 Å². The van der Waals surface area contributed by atoms with Crippen LogP contribution >= 0.6 is 0 Å². The number of carbonyl (C=O) groups excluding carboxylic acids is 2. The van der Waals surface area contributed by atoms with E-state index in [4.69, 9.17) is 5.26 Å². The molecule has 1 aromatic rings. The second-order valence-electron chi connectivity index (χ2n) is 3.75. The van der Waals surface area contributed by atoms with Crippen LogP contribution in [0.3, 0.4) is 0 Å². The maximum Gasteiger partial charge on any atom is 0.313 e. The van der Waals surface area contributed by atoms with Crippen molar-refractivity contribution >= 4 is 17.5 Å². The number of amides is 2. The number of unbranched alkanes of at least 4 members (excludes halogenated alkanes) is 1. The third kappa shape index (κ3) is 4.26. The molecule has 0 aliphatic rings. The molecule has 0 saturated heterocycles. The number of hydrogen-bond acceptors (Lipinski definition) is 3. The Morgan fingerprint density at radius 3 is 2.44 bits per heavy atom. The number of nitriles is 1. The van der Waals surface area contributed by atoms with Gasteiger partial charge in [-0.1, -0.05) is 13.3 Å². The van der Waals surface area contributed by atoms with Crippen molar-refractivity contribution in [2.75, 3.05) is 11.9 Å². The Morgan fingerprint density at radius 2 is 1.89 bits per heavy atom.